The summed E-state index contributed by atoms with van der Waals surface area (Å²) in [5.41, 5.74) is 5.43. The Morgan fingerprint density at radius 1 is 1.28 bits per heavy atom. The average Bonchev–Trinajstić information content (AvgIpc) is 2.29. The molecule has 5 nitrogen and oxygen atoms in total. The maximum absolute atomic E-state index is 13.6. The van der Waals surface area contributed by atoms with Crippen LogP contribution in [0.15, 0.2) is 23.1 Å². The summed E-state index contributed by atoms with van der Waals surface area (Å²) in [6, 6.07) is 3.76. The Morgan fingerprint density at radius 3 is 2.44 bits per heavy atom. The molecule has 2 N–H and O–H groups in total. The Hall–Kier alpha value is -0.990. The van der Waals surface area contributed by atoms with E-state index in [-0.39, 0.29) is 30.3 Å². The number of hydrogen-bond acceptors (Lipinski definition) is 4. The molecule has 0 aliphatic carbocycles. The number of halogens is 1. The third kappa shape index (κ3) is 2.40. The lowest BCUT2D eigenvalue weighted by Gasteiger charge is -2.26. The molecule has 0 bridgehead atoms. The topological polar surface area (TPSA) is 80.5 Å². The molecule has 0 unspecified atom stereocenters. The van der Waals surface area contributed by atoms with Crippen LogP contribution in [0.3, 0.4) is 0 Å². The van der Waals surface area contributed by atoms with Crippen molar-refractivity contribution in [3.8, 4) is 0 Å². The van der Waals surface area contributed by atoms with Gasteiger partial charge in [-0.15, -0.1) is 0 Å². The number of nitrogens with two attached hydrogens (primary N) is 1. The van der Waals surface area contributed by atoms with Crippen molar-refractivity contribution in [2.24, 2.45) is 0 Å². The highest BCUT2D eigenvalue weighted by Crippen LogP contribution is 2.25. The molecule has 0 amide bonds. The van der Waals surface area contributed by atoms with Crippen LogP contribution in [0.25, 0.3) is 0 Å². The summed E-state index contributed by atoms with van der Waals surface area (Å²) in [5, 5.41) is 0. The van der Waals surface area contributed by atoms with Gasteiger partial charge in [0.15, 0.2) is 0 Å². The van der Waals surface area contributed by atoms with Crippen LogP contribution in [-0.4, -0.2) is 41.5 Å². The molecule has 1 aliphatic heterocycles. The zero-order valence-electron chi connectivity index (χ0n) is 9.50. The third-order valence-corrected chi connectivity index (χ3v) is 6.00. The molecule has 100 valence electrons. The van der Waals surface area contributed by atoms with Gasteiger partial charge in [0.25, 0.3) is 0 Å². The zero-order valence-corrected chi connectivity index (χ0v) is 11.1. The average molecular weight is 292 g/mol. The van der Waals surface area contributed by atoms with Crippen molar-refractivity contribution in [3.05, 3.63) is 24.0 Å². The minimum Gasteiger partial charge on any atom is -0.398 e. The van der Waals surface area contributed by atoms with Crippen LogP contribution in [-0.2, 0) is 20.8 Å². The van der Waals surface area contributed by atoms with Crippen molar-refractivity contribution in [1.82, 2.24) is 4.31 Å². The fraction of sp³-hybridized carbons (Fsp3) is 0.400. The molecular weight excluding hydrogens is 279 g/mol. The summed E-state index contributed by atoms with van der Waals surface area (Å²) < 4.78 is 50.4. The summed E-state index contributed by atoms with van der Waals surface area (Å²) in [5.74, 6) is -0.317. The second kappa shape index (κ2) is 4.94. The molecule has 0 atom stereocenters. The Labute approximate surface area is 107 Å². The molecule has 1 fully saturated rings. The van der Waals surface area contributed by atoms with E-state index in [0.717, 1.165) is 10.4 Å². The number of anilines is 1. The first-order chi connectivity index (χ1) is 8.43. The van der Waals surface area contributed by atoms with Gasteiger partial charge in [0, 0.05) is 35.4 Å². The minimum atomic E-state index is -3.95. The zero-order chi connectivity index (χ0) is 13.3. The fourth-order valence-electron chi connectivity index (χ4n) is 1.79. The molecule has 1 saturated heterocycles. The lowest BCUT2D eigenvalue weighted by atomic mass is 10.3. The predicted octanol–water partition coefficient (Wildman–Crippen LogP) is 0.161. The maximum atomic E-state index is 13.6. The number of hydrogen-bond donors (Lipinski definition) is 1. The number of nitrogen functional groups attached to an aromatic ring is 1. The van der Waals surface area contributed by atoms with Gasteiger partial charge in [-0.3, -0.25) is 4.21 Å². The van der Waals surface area contributed by atoms with Gasteiger partial charge in [0.05, 0.1) is 5.69 Å². The molecule has 0 radical (unpaired) electrons. The Kier molecular flexibility index (Phi) is 3.69. The molecule has 1 aliphatic rings. The quantitative estimate of drug-likeness (QED) is 0.787. The van der Waals surface area contributed by atoms with Crippen molar-refractivity contribution in [2.75, 3.05) is 30.3 Å². The highest BCUT2D eigenvalue weighted by Gasteiger charge is 2.31. The third-order valence-electron chi connectivity index (χ3n) is 2.73. The highest BCUT2D eigenvalue weighted by molar-refractivity contribution is 7.89. The van der Waals surface area contributed by atoms with E-state index in [4.69, 9.17) is 5.73 Å². The van der Waals surface area contributed by atoms with E-state index >= 15 is 0 Å². The van der Waals surface area contributed by atoms with Gasteiger partial charge in [-0.25, -0.2) is 12.8 Å². The molecule has 18 heavy (non-hydrogen) atoms. The van der Waals surface area contributed by atoms with Crippen LogP contribution < -0.4 is 5.73 Å². The lowest BCUT2D eigenvalue weighted by molar-refractivity contribution is 0.434. The lowest BCUT2D eigenvalue weighted by Crippen LogP contribution is -2.42. The predicted molar refractivity (Wildman–Crippen MR) is 67.4 cm³/mol. The van der Waals surface area contributed by atoms with Gasteiger partial charge < -0.3 is 5.73 Å². The summed E-state index contributed by atoms with van der Waals surface area (Å²) in [7, 11) is -4.94. The van der Waals surface area contributed by atoms with Crippen molar-refractivity contribution in [1.29, 1.82) is 0 Å². The van der Waals surface area contributed by atoms with Crippen LogP contribution in [0.4, 0.5) is 10.1 Å². The number of nitrogens with zero attached hydrogens (tertiary/aromatic N) is 1. The molecule has 1 aromatic carbocycles. The van der Waals surface area contributed by atoms with E-state index in [1.54, 1.807) is 0 Å². The Morgan fingerprint density at radius 2 is 1.89 bits per heavy atom. The summed E-state index contributed by atoms with van der Waals surface area (Å²) in [6.07, 6.45) is 0. The van der Waals surface area contributed by atoms with Crippen LogP contribution in [0.5, 0.6) is 0 Å². The van der Waals surface area contributed by atoms with Crippen LogP contribution in [0.1, 0.15) is 0 Å². The fourth-order valence-corrected chi connectivity index (χ4v) is 4.67. The van der Waals surface area contributed by atoms with Crippen molar-refractivity contribution >= 4 is 26.5 Å². The molecule has 1 aromatic rings. The maximum Gasteiger partial charge on any atom is 0.248 e. The Balaban J connectivity index is 2.40. The highest BCUT2D eigenvalue weighted by atomic mass is 32.2. The molecule has 8 heteroatoms. The van der Waals surface area contributed by atoms with Gasteiger partial charge in [0.2, 0.25) is 10.0 Å². The summed E-state index contributed by atoms with van der Waals surface area (Å²) in [6.45, 7) is 0.255. The smallest absolute Gasteiger partial charge is 0.248 e. The van der Waals surface area contributed by atoms with E-state index in [1.165, 1.54) is 12.1 Å². The first-order valence-corrected chi connectivity index (χ1v) is 8.25. The van der Waals surface area contributed by atoms with E-state index in [0.29, 0.717) is 0 Å². The number of sulfonamides is 1. The van der Waals surface area contributed by atoms with E-state index in [9.17, 15) is 17.0 Å². The van der Waals surface area contributed by atoms with E-state index in [2.05, 4.69) is 0 Å². The van der Waals surface area contributed by atoms with Crippen LogP contribution in [0, 0.1) is 5.82 Å². The van der Waals surface area contributed by atoms with Gasteiger partial charge in [-0.1, -0.05) is 6.07 Å². The second-order valence-electron chi connectivity index (χ2n) is 3.91. The van der Waals surface area contributed by atoms with Crippen LogP contribution in [0.2, 0.25) is 0 Å². The molecule has 0 aromatic heterocycles. The Bertz CT molecular complexity index is 559. The first-order valence-electron chi connectivity index (χ1n) is 5.32. The molecular formula is C10H13FN2O3S2. The van der Waals surface area contributed by atoms with E-state index < -0.39 is 31.5 Å². The normalized spacial score (nSPS) is 18.9. The largest absolute Gasteiger partial charge is 0.398 e. The van der Waals surface area contributed by atoms with Gasteiger partial charge in [-0.2, -0.15) is 4.31 Å². The number of benzene rings is 1. The van der Waals surface area contributed by atoms with Gasteiger partial charge in [0.1, 0.15) is 10.7 Å². The molecule has 1 heterocycles. The van der Waals surface area contributed by atoms with Crippen molar-refractivity contribution in [3.63, 3.8) is 0 Å². The molecule has 0 saturated carbocycles. The summed E-state index contributed by atoms with van der Waals surface area (Å²) >= 11 is 0. The van der Waals surface area contributed by atoms with Crippen molar-refractivity contribution < 1.29 is 17.0 Å². The van der Waals surface area contributed by atoms with Crippen molar-refractivity contribution in [2.45, 2.75) is 4.90 Å². The number of rotatable bonds is 2. The minimum absolute atomic E-state index is 0.110. The second-order valence-corrected chi connectivity index (χ2v) is 7.48. The molecule has 2 rings (SSSR count). The van der Waals surface area contributed by atoms with Gasteiger partial charge >= 0.3 is 0 Å². The van der Waals surface area contributed by atoms with E-state index in [1.807, 2.05) is 0 Å². The first kappa shape index (κ1) is 13.4. The monoisotopic (exact) mass is 292 g/mol. The molecule has 0 spiro atoms. The van der Waals surface area contributed by atoms with Gasteiger partial charge in [-0.05, 0) is 12.1 Å². The summed E-state index contributed by atoms with van der Waals surface area (Å²) in [4.78, 5) is -0.488. The SMILES string of the molecule is Nc1cccc(F)c1S(=O)(=O)N1CCS(=O)CC1. The standard InChI is InChI=1S/C10H13FN2O3S2/c11-8-2-1-3-9(12)10(8)18(15,16)13-4-6-17(14)7-5-13/h1-3H,4-7,12H2. The van der Waals surface area contributed by atoms with Crippen LogP contribution >= 0.6 is 0 Å².